The summed E-state index contributed by atoms with van der Waals surface area (Å²) < 4.78 is 5.11. The van der Waals surface area contributed by atoms with Crippen molar-refractivity contribution in [2.75, 3.05) is 30.4 Å². The highest BCUT2D eigenvalue weighted by atomic mass is 16.5. The fourth-order valence-corrected chi connectivity index (χ4v) is 2.51. The van der Waals surface area contributed by atoms with Crippen molar-refractivity contribution < 1.29 is 9.53 Å². The molecule has 0 heterocycles. The highest BCUT2D eigenvalue weighted by molar-refractivity contribution is 6.04. The van der Waals surface area contributed by atoms with E-state index in [0.29, 0.717) is 5.56 Å². The van der Waals surface area contributed by atoms with Crippen LogP contribution in [0.25, 0.3) is 0 Å². The van der Waals surface area contributed by atoms with Gasteiger partial charge in [0.15, 0.2) is 0 Å². The van der Waals surface area contributed by atoms with Crippen LogP contribution in [0.1, 0.15) is 29.8 Å². The Morgan fingerprint density at radius 2 is 1.74 bits per heavy atom. The molecule has 2 aromatic rings. The van der Waals surface area contributed by atoms with Gasteiger partial charge in [-0.3, -0.25) is 4.79 Å². The fraction of sp³-hybridized carbons (Fsp3) is 0.316. The molecule has 0 aliphatic carbocycles. The Hall–Kier alpha value is -2.49. The number of nitrogens with zero attached hydrogens (tertiary/aromatic N) is 1. The predicted octanol–water partition coefficient (Wildman–Crippen LogP) is 4.10. The number of hydrogen-bond donors (Lipinski definition) is 1. The first-order valence-corrected chi connectivity index (χ1v) is 7.90. The number of aryl methyl sites for hydroxylation is 1. The van der Waals surface area contributed by atoms with Crippen LogP contribution in [0.2, 0.25) is 0 Å². The summed E-state index contributed by atoms with van der Waals surface area (Å²) in [6.45, 7) is 8.22. The first kappa shape index (κ1) is 16.9. The van der Waals surface area contributed by atoms with E-state index in [0.717, 1.165) is 30.1 Å². The Balaban J connectivity index is 2.14. The number of carbonyl (C=O) groups is 1. The number of rotatable bonds is 6. The predicted molar refractivity (Wildman–Crippen MR) is 95.7 cm³/mol. The smallest absolute Gasteiger partial charge is 0.255 e. The molecule has 0 radical (unpaired) electrons. The zero-order valence-corrected chi connectivity index (χ0v) is 14.2. The fourth-order valence-electron chi connectivity index (χ4n) is 2.51. The number of ether oxygens (including phenoxy) is 1. The molecule has 0 fully saturated rings. The maximum Gasteiger partial charge on any atom is 0.255 e. The maximum absolute atomic E-state index is 12.3. The van der Waals surface area contributed by atoms with Crippen molar-refractivity contribution in [3.05, 3.63) is 53.6 Å². The molecule has 0 bridgehead atoms. The normalized spacial score (nSPS) is 10.3. The van der Waals surface area contributed by atoms with Crippen molar-refractivity contribution in [3.63, 3.8) is 0 Å². The second-order valence-corrected chi connectivity index (χ2v) is 5.35. The maximum atomic E-state index is 12.3. The lowest BCUT2D eigenvalue weighted by Gasteiger charge is -2.22. The summed E-state index contributed by atoms with van der Waals surface area (Å²) >= 11 is 0. The molecule has 0 saturated carbocycles. The van der Waals surface area contributed by atoms with Crippen LogP contribution >= 0.6 is 0 Å². The van der Waals surface area contributed by atoms with Crippen molar-refractivity contribution in [2.24, 2.45) is 0 Å². The van der Waals surface area contributed by atoms with E-state index in [2.05, 4.69) is 30.1 Å². The van der Waals surface area contributed by atoms with E-state index in [-0.39, 0.29) is 5.91 Å². The van der Waals surface area contributed by atoms with Gasteiger partial charge in [0.05, 0.1) is 7.11 Å². The first-order valence-electron chi connectivity index (χ1n) is 7.90. The van der Waals surface area contributed by atoms with Gasteiger partial charge in [0.1, 0.15) is 5.75 Å². The Labute approximate surface area is 138 Å². The molecule has 2 aromatic carbocycles. The summed E-state index contributed by atoms with van der Waals surface area (Å²) in [5.41, 5.74) is 3.67. The standard InChI is InChI=1S/C19H24N2O2/c1-5-21(6-2)16-9-12-18(14(3)13-16)20-19(22)15-7-10-17(23-4)11-8-15/h7-13H,5-6H2,1-4H3,(H,20,22). The molecule has 4 heteroatoms. The Bertz CT molecular complexity index is 662. The third-order valence-electron chi connectivity index (χ3n) is 3.94. The Kier molecular flexibility index (Phi) is 5.63. The molecule has 0 unspecified atom stereocenters. The zero-order valence-electron chi connectivity index (χ0n) is 14.2. The molecule has 0 saturated heterocycles. The Morgan fingerprint density at radius 1 is 1.09 bits per heavy atom. The van der Waals surface area contributed by atoms with Crippen LogP contribution in [-0.2, 0) is 0 Å². The van der Waals surface area contributed by atoms with Crippen molar-refractivity contribution in [1.82, 2.24) is 0 Å². The lowest BCUT2D eigenvalue weighted by atomic mass is 10.1. The van der Waals surface area contributed by atoms with E-state index in [1.807, 2.05) is 19.1 Å². The second kappa shape index (κ2) is 7.68. The van der Waals surface area contributed by atoms with Crippen molar-refractivity contribution in [3.8, 4) is 5.75 Å². The molecule has 0 aliphatic heterocycles. The van der Waals surface area contributed by atoms with E-state index in [4.69, 9.17) is 4.74 Å². The lowest BCUT2D eigenvalue weighted by Crippen LogP contribution is -2.22. The van der Waals surface area contributed by atoms with Crippen molar-refractivity contribution >= 4 is 17.3 Å². The van der Waals surface area contributed by atoms with E-state index in [1.165, 1.54) is 5.69 Å². The van der Waals surface area contributed by atoms with E-state index in [1.54, 1.807) is 31.4 Å². The molecule has 23 heavy (non-hydrogen) atoms. The monoisotopic (exact) mass is 312 g/mol. The minimum atomic E-state index is -0.119. The SMILES string of the molecule is CCN(CC)c1ccc(NC(=O)c2ccc(OC)cc2)c(C)c1. The third-order valence-corrected chi connectivity index (χ3v) is 3.94. The van der Waals surface area contributed by atoms with Gasteiger partial charge in [-0.25, -0.2) is 0 Å². The summed E-state index contributed by atoms with van der Waals surface area (Å²) in [6.07, 6.45) is 0. The molecule has 1 N–H and O–H groups in total. The highest BCUT2D eigenvalue weighted by Crippen LogP contribution is 2.23. The molecular weight excluding hydrogens is 288 g/mol. The number of hydrogen-bond acceptors (Lipinski definition) is 3. The molecule has 0 atom stereocenters. The molecule has 0 spiro atoms. The summed E-state index contributed by atoms with van der Waals surface area (Å²) in [5.74, 6) is 0.618. The summed E-state index contributed by atoms with van der Waals surface area (Å²) in [5, 5.41) is 2.97. The van der Waals surface area contributed by atoms with Gasteiger partial charge < -0.3 is 15.0 Å². The van der Waals surface area contributed by atoms with Crippen LogP contribution in [0.5, 0.6) is 5.75 Å². The van der Waals surface area contributed by atoms with Crippen LogP contribution in [0.15, 0.2) is 42.5 Å². The molecule has 2 rings (SSSR count). The van der Waals surface area contributed by atoms with Gasteiger partial charge in [0.25, 0.3) is 5.91 Å². The lowest BCUT2D eigenvalue weighted by molar-refractivity contribution is 0.102. The molecule has 1 amide bonds. The summed E-state index contributed by atoms with van der Waals surface area (Å²) in [7, 11) is 1.61. The van der Waals surface area contributed by atoms with Crippen molar-refractivity contribution in [1.29, 1.82) is 0 Å². The number of anilines is 2. The Morgan fingerprint density at radius 3 is 2.26 bits per heavy atom. The number of nitrogens with one attached hydrogen (secondary N) is 1. The second-order valence-electron chi connectivity index (χ2n) is 5.35. The number of benzene rings is 2. The number of amides is 1. The average Bonchev–Trinajstić information content (AvgIpc) is 2.58. The van der Waals surface area contributed by atoms with Gasteiger partial charge in [-0.1, -0.05) is 0 Å². The van der Waals surface area contributed by atoms with Gasteiger partial charge in [-0.15, -0.1) is 0 Å². The summed E-state index contributed by atoms with van der Waals surface area (Å²) in [6, 6.07) is 13.2. The first-order chi connectivity index (χ1) is 11.1. The third kappa shape index (κ3) is 4.03. The minimum absolute atomic E-state index is 0.119. The van der Waals surface area contributed by atoms with Crippen LogP contribution in [0.3, 0.4) is 0 Å². The van der Waals surface area contributed by atoms with Gasteiger partial charge in [-0.2, -0.15) is 0 Å². The van der Waals surface area contributed by atoms with Crippen LogP contribution in [0, 0.1) is 6.92 Å². The highest BCUT2D eigenvalue weighted by Gasteiger charge is 2.09. The molecule has 0 aromatic heterocycles. The molecule has 4 nitrogen and oxygen atoms in total. The van der Waals surface area contributed by atoms with E-state index < -0.39 is 0 Å². The molecule has 0 aliphatic rings. The summed E-state index contributed by atoms with van der Waals surface area (Å²) in [4.78, 5) is 14.6. The van der Waals surface area contributed by atoms with Gasteiger partial charge in [0, 0.05) is 30.0 Å². The number of carbonyl (C=O) groups excluding carboxylic acids is 1. The van der Waals surface area contributed by atoms with Crippen LogP contribution in [0.4, 0.5) is 11.4 Å². The zero-order chi connectivity index (χ0) is 16.8. The quantitative estimate of drug-likeness (QED) is 0.873. The van der Waals surface area contributed by atoms with Crippen molar-refractivity contribution in [2.45, 2.75) is 20.8 Å². The van der Waals surface area contributed by atoms with E-state index >= 15 is 0 Å². The largest absolute Gasteiger partial charge is 0.497 e. The number of methoxy groups -OCH3 is 1. The van der Waals surface area contributed by atoms with Gasteiger partial charge in [0.2, 0.25) is 0 Å². The van der Waals surface area contributed by atoms with Gasteiger partial charge >= 0.3 is 0 Å². The van der Waals surface area contributed by atoms with Gasteiger partial charge in [-0.05, 0) is 68.8 Å². The average molecular weight is 312 g/mol. The van der Waals surface area contributed by atoms with E-state index in [9.17, 15) is 4.79 Å². The molecule has 122 valence electrons. The van der Waals surface area contributed by atoms with Crippen LogP contribution in [-0.4, -0.2) is 26.1 Å². The minimum Gasteiger partial charge on any atom is -0.497 e. The molecular formula is C19H24N2O2. The van der Waals surface area contributed by atoms with Crippen LogP contribution < -0.4 is 15.0 Å². The topological polar surface area (TPSA) is 41.6 Å².